The SMILES string of the molecule is CC1(C)CC=CC[C@@](F)(C(N)=O)C1.CCC. The molecule has 0 aromatic carbocycles. The van der Waals surface area contributed by atoms with Gasteiger partial charge in [-0.25, -0.2) is 4.39 Å². The minimum Gasteiger partial charge on any atom is -0.367 e. The second kappa shape index (κ2) is 6.02. The Morgan fingerprint density at radius 2 is 1.75 bits per heavy atom. The van der Waals surface area contributed by atoms with Gasteiger partial charge in [-0.1, -0.05) is 46.3 Å². The number of primary amides is 1. The Kier molecular flexibility index (Phi) is 5.70. The van der Waals surface area contributed by atoms with Crippen molar-refractivity contribution in [2.24, 2.45) is 11.1 Å². The first-order valence-corrected chi connectivity index (χ1v) is 5.91. The largest absolute Gasteiger partial charge is 0.367 e. The van der Waals surface area contributed by atoms with E-state index in [4.69, 9.17) is 5.73 Å². The molecule has 3 heteroatoms. The predicted octanol–water partition coefficient (Wildman–Crippen LogP) is 3.36. The maximum atomic E-state index is 13.9. The summed E-state index contributed by atoms with van der Waals surface area (Å²) in [5.74, 6) is -0.841. The zero-order chi connectivity index (χ0) is 12.8. The van der Waals surface area contributed by atoms with Gasteiger partial charge in [0.1, 0.15) is 0 Å². The van der Waals surface area contributed by atoms with Crippen molar-refractivity contribution in [1.82, 2.24) is 0 Å². The fraction of sp³-hybridized carbons (Fsp3) is 0.769. The van der Waals surface area contributed by atoms with Gasteiger partial charge in [-0.05, 0) is 18.3 Å². The molecule has 94 valence electrons. The molecule has 1 atom stereocenters. The van der Waals surface area contributed by atoms with E-state index in [1.807, 2.05) is 19.9 Å². The number of rotatable bonds is 1. The van der Waals surface area contributed by atoms with Gasteiger partial charge in [0.15, 0.2) is 5.67 Å². The summed E-state index contributed by atoms with van der Waals surface area (Å²) in [5, 5.41) is 0. The molecule has 0 aliphatic heterocycles. The quantitative estimate of drug-likeness (QED) is 0.688. The predicted molar refractivity (Wildman–Crippen MR) is 65.8 cm³/mol. The molecule has 0 heterocycles. The van der Waals surface area contributed by atoms with Crippen LogP contribution in [0.4, 0.5) is 4.39 Å². The van der Waals surface area contributed by atoms with E-state index in [0.29, 0.717) is 0 Å². The zero-order valence-corrected chi connectivity index (χ0v) is 10.8. The van der Waals surface area contributed by atoms with Crippen LogP contribution >= 0.6 is 0 Å². The third-order valence-electron chi connectivity index (χ3n) is 2.48. The average Bonchev–Trinajstić information content (AvgIpc) is 2.26. The summed E-state index contributed by atoms with van der Waals surface area (Å²) >= 11 is 0. The van der Waals surface area contributed by atoms with E-state index < -0.39 is 11.6 Å². The summed E-state index contributed by atoms with van der Waals surface area (Å²) in [4.78, 5) is 10.9. The first-order valence-electron chi connectivity index (χ1n) is 5.91. The van der Waals surface area contributed by atoms with E-state index in [0.717, 1.165) is 6.42 Å². The Hall–Kier alpha value is -0.860. The Labute approximate surface area is 98.1 Å². The highest BCUT2D eigenvalue weighted by atomic mass is 19.1. The fourth-order valence-electron chi connectivity index (χ4n) is 1.76. The zero-order valence-electron chi connectivity index (χ0n) is 10.8. The van der Waals surface area contributed by atoms with Gasteiger partial charge in [0.25, 0.3) is 5.91 Å². The molecule has 16 heavy (non-hydrogen) atoms. The van der Waals surface area contributed by atoms with E-state index in [1.54, 1.807) is 6.08 Å². The molecule has 2 nitrogen and oxygen atoms in total. The maximum absolute atomic E-state index is 13.9. The van der Waals surface area contributed by atoms with Gasteiger partial charge in [-0.15, -0.1) is 0 Å². The molecule has 0 aromatic heterocycles. The molecule has 1 aliphatic carbocycles. The van der Waals surface area contributed by atoms with Crippen molar-refractivity contribution in [3.63, 3.8) is 0 Å². The number of halogens is 1. The number of carbonyl (C=O) groups is 1. The van der Waals surface area contributed by atoms with Crippen LogP contribution in [-0.2, 0) is 4.79 Å². The van der Waals surface area contributed by atoms with E-state index >= 15 is 0 Å². The van der Waals surface area contributed by atoms with Gasteiger partial charge >= 0.3 is 0 Å². The molecule has 1 amide bonds. The fourth-order valence-corrected chi connectivity index (χ4v) is 1.76. The first-order chi connectivity index (χ1) is 7.27. The van der Waals surface area contributed by atoms with Crippen LogP contribution in [0.1, 0.15) is 53.4 Å². The summed E-state index contributed by atoms with van der Waals surface area (Å²) in [7, 11) is 0. The van der Waals surface area contributed by atoms with Crippen molar-refractivity contribution >= 4 is 5.91 Å². The maximum Gasteiger partial charge on any atom is 0.255 e. The summed E-state index contributed by atoms with van der Waals surface area (Å²) in [5.41, 5.74) is 3.01. The molecule has 0 radical (unpaired) electrons. The number of alkyl halides is 1. The third kappa shape index (κ3) is 4.77. The standard InChI is InChI=1S/C10H16FNO.C3H8/c1-9(2)5-3-4-6-10(11,7-9)8(12)13;1-3-2/h3-4H,5-7H2,1-2H3,(H2,12,13);3H2,1-2H3/t10-;/m0./s1. The summed E-state index contributed by atoms with van der Waals surface area (Å²) in [6, 6.07) is 0. The van der Waals surface area contributed by atoms with E-state index in [1.165, 1.54) is 6.42 Å². The molecule has 0 saturated heterocycles. The van der Waals surface area contributed by atoms with Crippen molar-refractivity contribution in [2.45, 2.75) is 59.0 Å². The Balaban J connectivity index is 0.000000673. The lowest BCUT2D eigenvalue weighted by molar-refractivity contribution is -0.131. The van der Waals surface area contributed by atoms with Crippen molar-refractivity contribution in [1.29, 1.82) is 0 Å². The topological polar surface area (TPSA) is 43.1 Å². The van der Waals surface area contributed by atoms with Crippen LogP contribution in [0.3, 0.4) is 0 Å². The van der Waals surface area contributed by atoms with E-state index in [9.17, 15) is 9.18 Å². The van der Waals surface area contributed by atoms with Crippen LogP contribution in [0.25, 0.3) is 0 Å². The van der Waals surface area contributed by atoms with Gasteiger partial charge in [0.05, 0.1) is 0 Å². The highest BCUT2D eigenvalue weighted by molar-refractivity contribution is 5.83. The van der Waals surface area contributed by atoms with Crippen LogP contribution in [0.2, 0.25) is 0 Å². The average molecular weight is 229 g/mol. The van der Waals surface area contributed by atoms with Crippen molar-refractivity contribution in [3.8, 4) is 0 Å². The smallest absolute Gasteiger partial charge is 0.255 e. The van der Waals surface area contributed by atoms with E-state index in [2.05, 4.69) is 13.8 Å². The summed E-state index contributed by atoms with van der Waals surface area (Å²) < 4.78 is 13.9. The number of amides is 1. The third-order valence-corrected chi connectivity index (χ3v) is 2.48. The highest BCUT2D eigenvalue weighted by Gasteiger charge is 2.41. The Morgan fingerprint density at radius 3 is 2.19 bits per heavy atom. The molecule has 1 aliphatic rings. The van der Waals surface area contributed by atoms with Crippen LogP contribution in [0, 0.1) is 5.41 Å². The molecule has 0 spiro atoms. The summed E-state index contributed by atoms with van der Waals surface area (Å²) in [6.45, 7) is 8.14. The molecular weight excluding hydrogens is 205 g/mol. The molecule has 2 N–H and O–H groups in total. The second-order valence-corrected chi connectivity index (χ2v) is 5.26. The minimum absolute atomic E-state index is 0.117. The van der Waals surface area contributed by atoms with Crippen molar-refractivity contribution in [2.75, 3.05) is 0 Å². The number of hydrogen-bond donors (Lipinski definition) is 1. The van der Waals surface area contributed by atoms with Gasteiger partial charge in [-0.3, -0.25) is 4.79 Å². The van der Waals surface area contributed by atoms with Crippen LogP contribution < -0.4 is 5.73 Å². The van der Waals surface area contributed by atoms with Crippen molar-refractivity contribution < 1.29 is 9.18 Å². The number of carbonyl (C=O) groups excluding carboxylic acids is 1. The minimum atomic E-state index is -1.85. The number of nitrogens with two attached hydrogens (primary N) is 1. The summed E-state index contributed by atoms with van der Waals surface area (Å²) in [6.07, 6.45) is 6.00. The number of hydrogen-bond acceptors (Lipinski definition) is 1. The first kappa shape index (κ1) is 15.1. The molecule has 1 rings (SSSR count). The number of allylic oxidation sites excluding steroid dienone is 2. The molecule has 0 aromatic rings. The molecule has 0 unspecified atom stereocenters. The lowest BCUT2D eigenvalue weighted by Crippen LogP contribution is -2.42. The lowest BCUT2D eigenvalue weighted by atomic mass is 9.79. The van der Waals surface area contributed by atoms with E-state index in [-0.39, 0.29) is 18.3 Å². The van der Waals surface area contributed by atoms with Crippen molar-refractivity contribution in [3.05, 3.63) is 12.2 Å². The van der Waals surface area contributed by atoms with Crippen LogP contribution in [-0.4, -0.2) is 11.6 Å². The van der Waals surface area contributed by atoms with Gasteiger partial charge in [0, 0.05) is 6.42 Å². The molecule has 0 bridgehead atoms. The van der Waals surface area contributed by atoms with Crippen LogP contribution in [0.15, 0.2) is 12.2 Å². The van der Waals surface area contributed by atoms with Gasteiger partial charge in [-0.2, -0.15) is 0 Å². The monoisotopic (exact) mass is 229 g/mol. The Morgan fingerprint density at radius 1 is 1.31 bits per heavy atom. The van der Waals surface area contributed by atoms with Crippen LogP contribution in [0.5, 0.6) is 0 Å². The molecule has 0 saturated carbocycles. The molecular formula is C13H24FNO. The van der Waals surface area contributed by atoms with Gasteiger partial charge < -0.3 is 5.73 Å². The van der Waals surface area contributed by atoms with Gasteiger partial charge in [0.2, 0.25) is 0 Å². The molecule has 0 fully saturated rings. The second-order valence-electron chi connectivity index (χ2n) is 5.26. The Bertz CT molecular complexity index is 261. The lowest BCUT2D eigenvalue weighted by Gasteiger charge is -2.29. The highest BCUT2D eigenvalue weighted by Crippen LogP contribution is 2.38. The normalized spacial score (nSPS) is 27.6.